The Kier molecular flexibility index (Phi) is 9.64. The lowest BCUT2D eigenvalue weighted by Crippen LogP contribution is -2.48. The summed E-state index contributed by atoms with van der Waals surface area (Å²) in [4.78, 5) is 24.8. The molecule has 0 unspecified atom stereocenters. The Balaban J connectivity index is 1.42. The summed E-state index contributed by atoms with van der Waals surface area (Å²) in [5, 5.41) is 2.45. The monoisotopic (exact) mass is 491 g/mol. The van der Waals surface area contributed by atoms with E-state index in [2.05, 4.69) is 22.7 Å². The van der Waals surface area contributed by atoms with Gasteiger partial charge in [-0.3, -0.25) is 25.8 Å². The van der Waals surface area contributed by atoms with Crippen LogP contribution < -0.4 is 30.4 Å². The fourth-order valence-corrected chi connectivity index (χ4v) is 2.96. The van der Waals surface area contributed by atoms with Crippen molar-refractivity contribution in [1.82, 2.24) is 16.2 Å². The van der Waals surface area contributed by atoms with Crippen molar-refractivity contribution in [1.29, 1.82) is 0 Å². The molecule has 9 heteroatoms. The highest BCUT2D eigenvalue weighted by atomic mass is 32.1. The third-order valence-electron chi connectivity index (χ3n) is 4.46. The number of para-hydroxylation sites is 1. The summed E-state index contributed by atoms with van der Waals surface area (Å²) in [5.74, 6) is 1.01. The summed E-state index contributed by atoms with van der Waals surface area (Å²) < 4.78 is 16.6. The molecule has 0 saturated heterocycles. The van der Waals surface area contributed by atoms with E-state index in [0.717, 1.165) is 5.75 Å². The van der Waals surface area contributed by atoms with Gasteiger partial charge in [-0.05, 0) is 66.8 Å². The minimum atomic E-state index is -0.452. The minimum Gasteiger partial charge on any atom is -0.490 e. The van der Waals surface area contributed by atoms with Gasteiger partial charge in [-0.2, -0.15) is 0 Å². The van der Waals surface area contributed by atoms with E-state index < -0.39 is 11.8 Å². The number of benzene rings is 3. The maximum absolute atomic E-state index is 12.5. The van der Waals surface area contributed by atoms with E-state index in [1.807, 2.05) is 30.3 Å². The lowest BCUT2D eigenvalue weighted by molar-refractivity contribution is 0.0934. The second-order valence-corrected chi connectivity index (χ2v) is 7.43. The van der Waals surface area contributed by atoms with Crippen LogP contribution in [0.5, 0.6) is 17.2 Å². The molecule has 0 aliphatic carbocycles. The van der Waals surface area contributed by atoms with Crippen molar-refractivity contribution in [2.24, 2.45) is 0 Å². The van der Waals surface area contributed by atoms with Gasteiger partial charge in [0.05, 0.1) is 0 Å². The van der Waals surface area contributed by atoms with Gasteiger partial charge in [-0.15, -0.1) is 0 Å². The van der Waals surface area contributed by atoms with Crippen LogP contribution in [-0.4, -0.2) is 36.7 Å². The third kappa shape index (κ3) is 8.49. The molecule has 3 aromatic carbocycles. The molecule has 2 amide bonds. The van der Waals surface area contributed by atoms with Crippen LogP contribution in [0.2, 0.25) is 0 Å². The molecule has 0 atom stereocenters. The van der Waals surface area contributed by atoms with Crippen molar-refractivity contribution >= 4 is 29.1 Å². The smallest absolute Gasteiger partial charge is 0.269 e. The van der Waals surface area contributed by atoms with Crippen LogP contribution >= 0.6 is 12.2 Å². The average molecular weight is 492 g/mol. The first-order valence-electron chi connectivity index (χ1n) is 10.7. The molecule has 3 N–H and O–H groups in total. The van der Waals surface area contributed by atoms with E-state index in [-0.39, 0.29) is 5.11 Å². The highest BCUT2D eigenvalue weighted by Gasteiger charge is 2.11. The van der Waals surface area contributed by atoms with Gasteiger partial charge in [0.2, 0.25) is 0 Å². The van der Waals surface area contributed by atoms with Crippen molar-refractivity contribution in [2.75, 3.05) is 19.8 Å². The number of thiocarbonyl (C=S) groups is 1. The number of rotatable bonds is 10. The maximum atomic E-state index is 12.5. The molecule has 3 rings (SSSR count). The van der Waals surface area contributed by atoms with Crippen molar-refractivity contribution in [3.8, 4) is 17.2 Å². The van der Waals surface area contributed by atoms with Crippen LogP contribution in [0.25, 0.3) is 0 Å². The Labute approximate surface area is 208 Å². The van der Waals surface area contributed by atoms with Crippen LogP contribution in [-0.2, 0) is 0 Å². The zero-order valence-electron chi connectivity index (χ0n) is 18.9. The number of carbonyl (C=O) groups is 2. The minimum absolute atomic E-state index is 0.0585. The van der Waals surface area contributed by atoms with E-state index in [1.165, 1.54) is 0 Å². The van der Waals surface area contributed by atoms with Crippen LogP contribution in [0.4, 0.5) is 0 Å². The predicted octanol–water partition coefficient (Wildman–Crippen LogP) is 3.66. The average Bonchev–Trinajstić information content (AvgIpc) is 2.89. The van der Waals surface area contributed by atoms with E-state index in [4.69, 9.17) is 26.4 Å². The lowest BCUT2D eigenvalue weighted by Gasteiger charge is -2.12. The van der Waals surface area contributed by atoms with Gasteiger partial charge in [0.1, 0.15) is 37.1 Å². The SMILES string of the molecule is C=CCOc1ccc(C(=O)NNC(=S)NC(=O)c2cccc(OCCOc3ccccc3)c2)cc1. The molecule has 0 saturated carbocycles. The fraction of sp³-hybridized carbons (Fsp3) is 0.115. The Morgan fingerprint density at radius 2 is 1.40 bits per heavy atom. The van der Waals surface area contributed by atoms with Gasteiger partial charge < -0.3 is 14.2 Å². The van der Waals surface area contributed by atoms with Crippen molar-refractivity contribution < 1.29 is 23.8 Å². The van der Waals surface area contributed by atoms with Crippen LogP contribution in [0, 0.1) is 0 Å². The molecule has 180 valence electrons. The number of hydrogen-bond acceptors (Lipinski definition) is 6. The second-order valence-electron chi connectivity index (χ2n) is 7.02. The number of carbonyl (C=O) groups excluding carboxylic acids is 2. The Morgan fingerprint density at radius 1 is 0.743 bits per heavy atom. The quantitative estimate of drug-likeness (QED) is 0.172. The molecular formula is C26H25N3O5S. The van der Waals surface area contributed by atoms with E-state index >= 15 is 0 Å². The molecule has 3 aromatic rings. The number of nitrogens with one attached hydrogen (secondary N) is 3. The third-order valence-corrected chi connectivity index (χ3v) is 4.67. The highest BCUT2D eigenvalue weighted by molar-refractivity contribution is 7.80. The Morgan fingerprint density at radius 3 is 2.11 bits per heavy atom. The van der Waals surface area contributed by atoms with E-state index in [0.29, 0.717) is 42.4 Å². The van der Waals surface area contributed by atoms with Crippen LogP contribution in [0.15, 0.2) is 91.5 Å². The Hall–Kier alpha value is -4.37. The van der Waals surface area contributed by atoms with Gasteiger partial charge in [0.15, 0.2) is 5.11 Å². The number of hydrazine groups is 1. The summed E-state index contributed by atoms with van der Waals surface area (Å²) in [6, 6.07) is 22.6. The van der Waals surface area contributed by atoms with Gasteiger partial charge in [-0.25, -0.2) is 0 Å². The largest absolute Gasteiger partial charge is 0.490 e. The van der Waals surface area contributed by atoms with Gasteiger partial charge >= 0.3 is 0 Å². The topological polar surface area (TPSA) is 97.9 Å². The van der Waals surface area contributed by atoms with Crippen molar-refractivity contribution in [3.63, 3.8) is 0 Å². The zero-order chi connectivity index (χ0) is 24.9. The van der Waals surface area contributed by atoms with Crippen LogP contribution in [0.1, 0.15) is 20.7 Å². The zero-order valence-corrected chi connectivity index (χ0v) is 19.7. The number of amides is 2. The lowest BCUT2D eigenvalue weighted by atomic mass is 10.2. The number of hydrogen-bond donors (Lipinski definition) is 3. The van der Waals surface area contributed by atoms with Crippen molar-refractivity contribution in [2.45, 2.75) is 0 Å². The molecule has 0 aromatic heterocycles. The fourth-order valence-electron chi connectivity index (χ4n) is 2.81. The molecule has 8 nitrogen and oxygen atoms in total. The summed E-state index contributed by atoms with van der Waals surface area (Å²) in [7, 11) is 0. The van der Waals surface area contributed by atoms with E-state index in [1.54, 1.807) is 54.6 Å². The molecular weight excluding hydrogens is 466 g/mol. The van der Waals surface area contributed by atoms with Gasteiger partial charge in [0.25, 0.3) is 11.8 Å². The first-order valence-corrected chi connectivity index (χ1v) is 11.1. The molecule has 0 fully saturated rings. The van der Waals surface area contributed by atoms with Crippen LogP contribution in [0.3, 0.4) is 0 Å². The molecule has 35 heavy (non-hydrogen) atoms. The maximum Gasteiger partial charge on any atom is 0.269 e. The first kappa shape index (κ1) is 25.3. The number of ether oxygens (including phenoxy) is 3. The summed E-state index contributed by atoms with van der Waals surface area (Å²) in [5.41, 5.74) is 5.68. The highest BCUT2D eigenvalue weighted by Crippen LogP contribution is 2.14. The summed E-state index contributed by atoms with van der Waals surface area (Å²) >= 11 is 5.10. The predicted molar refractivity (Wildman–Crippen MR) is 137 cm³/mol. The van der Waals surface area contributed by atoms with Gasteiger partial charge in [-0.1, -0.05) is 36.9 Å². The molecule has 0 aliphatic heterocycles. The van der Waals surface area contributed by atoms with E-state index in [9.17, 15) is 9.59 Å². The Bertz CT molecular complexity index is 1150. The second kappa shape index (κ2) is 13.4. The summed E-state index contributed by atoms with van der Waals surface area (Å²) in [6.07, 6.45) is 1.63. The first-order chi connectivity index (χ1) is 17.0. The molecule has 0 bridgehead atoms. The van der Waals surface area contributed by atoms with Crippen molar-refractivity contribution in [3.05, 3.63) is 103 Å². The normalized spacial score (nSPS) is 9.94. The van der Waals surface area contributed by atoms with Gasteiger partial charge in [0, 0.05) is 11.1 Å². The molecule has 0 heterocycles. The molecule has 0 aliphatic rings. The molecule has 0 radical (unpaired) electrons. The standard InChI is InChI=1S/C26H25N3O5S/c1-2-15-32-22-13-11-19(12-14-22)25(31)28-29-26(35)27-24(30)20-7-6-10-23(18-20)34-17-16-33-21-8-4-3-5-9-21/h2-14,18H,1,15-17H2,(H,28,31)(H2,27,29,30,35). The summed E-state index contributed by atoms with van der Waals surface area (Å²) in [6.45, 7) is 4.63. The molecule has 0 spiro atoms.